The summed E-state index contributed by atoms with van der Waals surface area (Å²) >= 11 is 0. The van der Waals surface area contributed by atoms with Crippen molar-refractivity contribution in [3.63, 3.8) is 0 Å². The quantitative estimate of drug-likeness (QED) is 0.931. The highest BCUT2D eigenvalue weighted by Crippen LogP contribution is 2.41. The number of hydrogen-bond acceptors (Lipinski definition) is 3. The number of carbonyl (C=O) groups is 2. The fourth-order valence-corrected chi connectivity index (χ4v) is 3.63. The number of hydrogen-bond donors (Lipinski definition) is 1. The van der Waals surface area contributed by atoms with Crippen LogP contribution in [0.4, 0.5) is 0 Å². The zero-order valence-electron chi connectivity index (χ0n) is 13.3. The molecular weight excluding hydrogens is 306 g/mol. The van der Waals surface area contributed by atoms with E-state index < -0.39 is 5.97 Å². The minimum atomic E-state index is -1.16. The summed E-state index contributed by atoms with van der Waals surface area (Å²) in [7, 11) is 0. The van der Waals surface area contributed by atoms with Crippen LogP contribution in [-0.2, 0) is 6.42 Å². The normalized spacial score (nSPS) is 19.6. The zero-order chi connectivity index (χ0) is 16.7. The molecule has 5 nitrogen and oxygen atoms in total. The van der Waals surface area contributed by atoms with Gasteiger partial charge in [-0.1, -0.05) is 24.3 Å². The zero-order valence-corrected chi connectivity index (χ0v) is 13.3. The van der Waals surface area contributed by atoms with Crippen LogP contribution >= 0.6 is 0 Å². The van der Waals surface area contributed by atoms with Crippen molar-refractivity contribution in [2.24, 2.45) is 0 Å². The number of aryl methyl sites for hydroxylation is 1. The molecule has 4 rings (SSSR count). The van der Waals surface area contributed by atoms with Gasteiger partial charge in [-0.2, -0.15) is 0 Å². The van der Waals surface area contributed by atoms with Gasteiger partial charge in [-0.25, -0.2) is 4.79 Å². The Morgan fingerprint density at radius 1 is 1.04 bits per heavy atom. The van der Waals surface area contributed by atoms with Crippen LogP contribution in [0.25, 0.3) is 0 Å². The van der Waals surface area contributed by atoms with Crippen LogP contribution in [0, 0.1) is 0 Å². The molecule has 24 heavy (non-hydrogen) atoms. The van der Waals surface area contributed by atoms with E-state index in [4.69, 9.17) is 9.52 Å². The Hall–Kier alpha value is -2.56. The van der Waals surface area contributed by atoms with E-state index in [1.165, 1.54) is 23.3 Å². The molecule has 5 heteroatoms. The van der Waals surface area contributed by atoms with Gasteiger partial charge in [0.1, 0.15) is 0 Å². The molecule has 1 N–H and O–H groups in total. The molecule has 1 atom stereocenters. The van der Waals surface area contributed by atoms with Gasteiger partial charge in [0.15, 0.2) is 5.76 Å². The van der Waals surface area contributed by atoms with E-state index >= 15 is 0 Å². The highest BCUT2D eigenvalue weighted by molar-refractivity contribution is 5.94. The van der Waals surface area contributed by atoms with Crippen molar-refractivity contribution in [1.29, 1.82) is 0 Å². The van der Waals surface area contributed by atoms with Crippen LogP contribution in [0.15, 0.2) is 40.8 Å². The average molecular weight is 325 g/mol. The number of nitrogens with zero attached hydrogens (tertiary/aromatic N) is 1. The number of fused-ring (bicyclic) bond motifs is 1. The monoisotopic (exact) mass is 325 g/mol. The van der Waals surface area contributed by atoms with Gasteiger partial charge in [0.25, 0.3) is 5.91 Å². The number of carboxylic acid groups (broad SMARTS) is 1. The molecule has 2 aromatic rings. The summed E-state index contributed by atoms with van der Waals surface area (Å²) < 4.78 is 5.25. The predicted octanol–water partition coefficient (Wildman–Crippen LogP) is 3.66. The number of amides is 1. The second-order valence-corrected chi connectivity index (χ2v) is 6.52. The first-order chi connectivity index (χ1) is 11.6. The lowest BCUT2D eigenvalue weighted by atomic mass is 9.86. The van der Waals surface area contributed by atoms with Gasteiger partial charge in [0, 0.05) is 6.04 Å². The van der Waals surface area contributed by atoms with Crippen LogP contribution in [0.3, 0.4) is 0 Å². The number of furan rings is 1. The fraction of sp³-hybridized carbons (Fsp3) is 0.368. The van der Waals surface area contributed by atoms with Gasteiger partial charge < -0.3 is 14.4 Å². The summed E-state index contributed by atoms with van der Waals surface area (Å²) in [6.45, 7) is 0. The third-order valence-electron chi connectivity index (χ3n) is 4.88. The Bertz CT molecular complexity index is 790. The minimum absolute atomic E-state index is 0.0494. The maximum Gasteiger partial charge on any atom is 0.371 e. The second-order valence-electron chi connectivity index (χ2n) is 6.52. The van der Waals surface area contributed by atoms with Crippen LogP contribution in [0.1, 0.15) is 64.0 Å². The van der Waals surface area contributed by atoms with E-state index in [1.807, 2.05) is 17.0 Å². The fourth-order valence-electron chi connectivity index (χ4n) is 3.63. The number of aromatic carboxylic acids is 1. The molecule has 1 unspecified atom stereocenters. The van der Waals surface area contributed by atoms with E-state index in [1.54, 1.807) is 0 Å². The molecule has 1 amide bonds. The summed E-state index contributed by atoms with van der Waals surface area (Å²) in [6.07, 6.45) is 5.03. The Balaban J connectivity index is 1.68. The molecule has 1 fully saturated rings. The minimum Gasteiger partial charge on any atom is -0.475 e. The summed E-state index contributed by atoms with van der Waals surface area (Å²) in [5.74, 6) is -1.44. The van der Waals surface area contributed by atoms with Crippen LogP contribution in [-0.4, -0.2) is 27.9 Å². The lowest BCUT2D eigenvalue weighted by Gasteiger charge is -2.35. The first kappa shape index (κ1) is 15.0. The maximum absolute atomic E-state index is 13.0. The average Bonchev–Trinajstić information content (AvgIpc) is 3.29. The van der Waals surface area contributed by atoms with Crippen molar-refractivity contribution in [3.05, 3.63) is 59.0 Å². The molecule has 1 aromatic carbocycles. The number of benzene rings is 1. The van der Waals surface area contributed by atoms with E-state index in [2.05, 4.69) is 12.1 Å². The highest BCUT2D eigenvalue weighted by atomic mass is 16.4. The number of carbonyl (C=O) groups excluding carboxylic acids is 1. The Morgan fingerprint density at radius 2 is 1.79 bits per heavy atom. The molecule has 0 saturated heterocycles. The largest absolute Gasteiger partial charge is 0.475 e. The van der Waals surface area contributed by atoms with Gasteiger partial charge >= 0.3 is 5.97 Å². The van der Waals surface area contributed by atoms with Gasteiger partial charge in [-0.3, -0.25) is 4.79 Å². The SMILES string of the molecule is O=C(O)c1ccc(C(=O)N(C2CC2)C2CCCc3ccccc32)o1. The Morgan fingerprint density at radius 3 is 2.50 bits per heavy atom. The van der Waals surface area contributed by atoms with Crippen molar-refractivity contribution in [3.8, 4) is 0 Å². The summed E-state index contributed by atoms with van der Waals surface area (Å²) in [4.78, 5) is 25.9. The van der Waals surface area contributed by atoms with Crippen molar-refractivity contribution in [2.45, 2.75) is 44.2 Å². The van der Waals surface area contributed by atoms with Crippen molar-refractivity contribution in [2.75, 3.05) is 0 Å². The van der Waals surface area contributed by atoms with Crippen LogP contribution < -0.4 is 0 Å². The molecule has 2 aliphatic carbocycles. The van der Waals surface area contributed by atoms with Gasteiger partial charge in [0.05, 0.1) is 6.04 Å². The van der Waals surface area contributed by atoms with Crippen molar-refractivity contribution >= 4 is 11.9 Å². The van der Waals surface area contributed by atoms with E-state index in [-0.39, 0.29) is 29.5 Å². The molecule has 1 heterocycles. The molecule has 1 aromatic heterocycles. The molecule has 0 radical (unpaired) electrons. The topological polar surface area (TPSA) is 70.8 Å². The Labute approximate surface area is 139 Å². The lowest BCUT2D eigenvalue weighted by molar-refractivity contribution is 0.0591. The molecule has 124 valence electrons. The van der Waals surface area contributed by atoms with E-state index in [0.29, 0.717) is 0 Å². The van der Waals surface area contributed by atoms with Gasteiger partial charge in [-0.15, -0.1) is 0 Å². The van der Waals surface area contributed by atoms with Crippen molar-refractivity contribution in [1.82, 2.24) is 4.90 Å². The smallest absolute Gasteiger partial charge is 0.371 e. The predicted molar refractivity (Wildman–Crippen MR) is 87.0 cm³/mol. The summed E-state index contributed by atoms with van der Waals surface area (Å²) in [5, 5.41) is 9.00. The molecule has 0 aliphatic heterocycles. The first-order valence-electron chi connectivity index (χ1n) is 8.39. The standard InChI is InChI=1S/C19H19NO4/c21-18(16-10-11-17(24-16)19(22)23)20(13-8-9-13)15-7-3-5-12-4-1-2-6-14(12)15/h1-2,4,6,10-11,13,15H,3,5,7-9H2,(H,22,23). The second kappa shape index (κ2) is 5.82. The van der Waals surface area contributed by atoms with Gasteiger partial charge in [-0.05, 0) is 55.4 Å². The number of rotatable bonds is 4. The number of carboxylic acids is 1. The lowest BCUT2D eigenvalue weighted by Crippen LogP contribution is -2.38. The molecule has 2 aliphatic rings. The molecular formula is C19H19NO4. The third-order valence-corrected chi connectivity index (χ3v) is 4.88. The van der Waals surface area contributed by atoms with Crippen LogP contribution in [0.2, 0.25) is 0 Å². The molecule has 0 spiro atoms. The van der Waals surface area contributed by atoms with Crippen LogP contribution in [0.5, 0.6) is 0 Å². The molecule has 1 saturated carbocycles. The van der Waals surface area contributed by atoms with E-state index in [9.17, 15) is 9.59 Å². The third kappa shape index (κ3) is 2.60. The van der Waals surface area contributed by atoms with E-state index in [0.717, 1.165) is 32.1 Å². The van der Waals surface area contributed by atoms with Gasteiger partial charge in [0.2, 0.25) is 5.76 Å². The summed E-state index contributed by atoms with van der Waals surface area (Å²) in [6, 6.07) is 11.4. The highest BCUT2D eigenvalue weighted by Gasteiger charge is 2.40. The summed E-state index contributed by atoms with van der Waals surface area (Å²) in [5.41, 5.74) is 2.52. The first-order valence-corrected chi connectivity index (χ1v) is 8.39. The van der Waals surface area contributed by atoms with Crippen molar-refractivity contribution < 1.29 is 19.1 Å². The Kier molecular flexibility index (Phi) is 3.63. The maximum atomic E-state index is 13.0. The molecule has 0 bridgehead atoms.